The molecule has 1 aliphatic rings. The molecule has 0 radical (unpaired) electrons. The molecule has 1 fully saturated rings. The number of carbonyl (C=O) groups excluding carboxylic acids is 4. The van der Waals surface area contributed by atoms with Crippen molar-refractivity contribution in [1.29, 1.82) is 0 Å². The van der Waals surface area contributed by atoms with E-state index < -0.39 is 38.3 Å². The molecule has 38 heavy (non-hydrogen) atoms. The summed E-state index contributed by atoms with van der Waals surface area (Å²) < 4.78 is 22.1. The molecule has 16 heteroatoms. The monoisotopic (exact) mass is 604 g/mol. The highest BCUT2D eigenvalue weighted by Gasteiger charge is 2.40. The topological polar surface area (TPSA) is 182 Å². The van der Waals surface area contributed by atoms with Crippen LogP contribution in [0.4, 0.5) is 5.13 Å². The van der Waals surface area contributed by atoms with Crippen LogP contribution in [0.5, 0.6) is 0 Å². The van der Waals surface area contributed by atoms with E-state index in [-0.39, 0.29) is 55.0 Å². The Morgan fingerprint density at radius 3 is 2.47 bits per heavy atom. The molecule has 0 saturated carbocycles. The Bertz CT molecular complexity index is 1350. The third-order valence-electron chi connectivity index (χ3n) is 5.71. The third kappa shape index (κ3) is 7.93. The predicted octanol–water partition coefficient (Wildman–Crippen LogP) is 1.76. The van der Waals surface area contributed by atoms with Crippen molar-refractivity contribution >= 4 is 73.2 Å². The number of sulfonamides is 1. The fraction of sp³-hybridized carbons (Fsp3) is 0.455. The summed E-state index contributed by atoms with van der Waals surface area (Å²) in [7, 11) is -4.05. The summed E-state index contributed by atoms with van der Waals surface area (Å²) >= 11 is 12.6. The Morgan fingerprint density at radius 2 is 1.87 bits per heavy atom. The number of carbonyl (C=O) groups is 4. The second kappa shape index (κ2) is 12.5. The zero-order valence-corrected chi connectivity index (χ0v) is 23.6. The fourth-order valence-corrected chi connectivity index (χ4v) is 5.73. The molecule has 0 unspecified atom stereocenters. The number of aromatic nitrogens is 2. The van der Waals surface area contributed by atoms with E-state index in [9.17, 15) is 27.6 Å². The van der Waals surface area contributed by atoms with Gasteiger partial charge in [-0.1, -0.05) is 54.5 Å². The van der Waals surface area contributed by atoms with Gasteiger partial charge in [0.05, 0.1) is 12.5 Å². The van der Waals surface area contributed by atoms with E-state index in [1.807, 2.05) is 0 Å². The van der Waals surface area contributed by atoms with E-state index in [0.717, 1.165) is 0 Å². The molecule has 4 N–H and O–H groups in total. The highest BCUT2D eigenvalue weighted by molar-refractivity contribution is 7.91. The molecular weight excluding hydrogens is 579 g/mol. The van der Waals surface area contributed by atoms with Gasteiger partial charge in [-0.15, -0.1) is 10.2 Å². The fourth-order valence-electron chi connectivity index (χ4n) is 3.91. The molecular formula is C22H26Cl2N6O6S2. The number of nitrogens with zero attached hydrogens (tertiary/aromatic N) is 3. The average Bonchev–Trinajstić information content (AvgIpc) is 3.46. The highest BCUT2D eigenvalue weighted by atomic mass is 35.5. The molecule has 3 rings (SSSR count). The lowest BCUT2D eigenvalue weighted by atomic mass is 9.98. The number of ketones is 1. The summed E-state index contributed by atoms with van der Waals surface area (Å²) in [5.74, 6) is -1.83. The Balaban J connectivity index is 1.60. The first kappa shape index (κ1) is 29.9. The number of hydrogen-bond acceptors (Lipinski definition) is 9. The van der Waals surface area contributed by atoms with Crippen molar-refractivity contribution < 1.29 is 27.6 Å². The molecule has 1 saturated heterocycles. The number of nitrogens with one attached hydrogen (secondary N) is 2. The first-order valence-corrected chi connectivity index (χ1v) is 14.6. The van der Waals surface area contributed by atoms with Gasteiger partial charge in [0.2, 0.25) is 27.2 Å². The largest absolute Gasteiger partial charge is 0.351 e. The smallest absolute Gasteiger partial charge is 0.267 e. The van der Waals surface area contributed by atoms with Gasteiger partial charge < -0.3 is 15.5 Å². The molecule has 0 aliphatic carbocycles. The molecule has 2 aromatic rings. The number of Topliss-reactive ketones (excluding diaryl/α,β-unsaturated/α-hetero) is 1. The van der Waals surface area contributed by atoms with Crippen molar-refractivity contribution in [2.75, 3.05) is 11.9 Å². The highest BCUT2D eigenvalue weighted by Crippen LogP contribution is 2.25. The Labute approximate surface area is 233 Å². The Kier molecular flexibility index (Phi) is 9.81. The molecule has 206 valence electrons. The second-order valence-corrected chi connectivity index (χ2v) is 12.6. The predicted molar refractivity (Wildman–Crippen MR) is 141 cm³/mol. The minimum atomic E-state index is -4.05. The maximum atomic E-state index is 13.0. The minimum absolute atomic E-state index is 0.00218. The van der Waals surface area contributed by atoms with E-state index >= 15 is 0 Å². The lowest BCUT2D eigenvalue weighted by Gasteiger charge is -2.24. The summed E-state index contributed by atoms with van der Waals surface area (Å²) in [6.45, 7) is 3.56. The zero-order valence-electron chi connectivity index (χ0n) is 20.4. The van der Waals surface area contributed by atoms with Crippen LogP contribution in [0.15, 0.2) is 22.5 Å². The summed E-state index contributed by atoms with van der Waals surface area (Å²) in [6, 6.07) is 3.62. The number of likely N-dealkylation sites (tertiary alicyclic amines) is 1. The van der Waals surface area contributed by atoms with Crippen molar-refractivity contribution in [3.05, 3.63) is 33.8 Å². The van der Waals surface area contributed by atoms with Crippen LogP contribution in [0.25, 0.3) is 0 Å². The summed E-state index contributed by atoms with van der Waals surface area (Å²) in [6.07, 6.45) is -0.206. The van der Waals surface area contributed by atoms with Gasteiger partial charge in [0, 0.05) is 41.4 Å². The number of nitrogens with two attached hydrogens (primary N) is 1. The van der Waals surface area contributed by atoms with E-state index in [4.69, 9.17) is 28.3 Å². The number of halogens is 2. The first-order valence-electron chi connectivity index (χ1n) is 11.5. The van der Waals surface area contributed by atoms with Crippen LogP contribution in [0, 0.1) is 5.92 Å². The number of hydrogen-bond donors (Lipinski definition) is 3. The van der Waals surface area contributed by atoms with Gasteiger partial charge in [-0.2, -0.15) is 0 Å². The number of anilines is 1. The molecule has 2 atom stereocenters. The van der Waals surface area contributed by atoms with Crippen molar-refractivity contribution in [3.63, 3.8) is 0 Å². The SMILES string of the molecule is CC(C)C(=O)[C@H]1C[C@@H](NC(=O)Cc2ccc(Cl)cc2Cl)CN1C(=O)CCC(=O)Nc1nnc(S(N)(=O)=O)s1. The third-order valence-corrected chi connectivity index (χ3v) is 8.45. The van der Waals surface area contributed by atoms with Crippen molar-refractivity contribution in [1.82, 2.24) is 20.4 Å². The van der Waals surface area contributed by atoms with Gasteiger partial charge in [-0.05, 0) is 24.1 Å². The molecule has 1 aromatic carbocycles. The Hall–Kier alpha value is -2.65. The van der Waals surface area contributed by atoms with Gasteiger partial charge in [0.1, 0.15) is 0 Å². The number of primary sulfonamides is 1. The zero-order chi connectivity index (χ0) is 28.2. The van der Waals surface area contributed by atoms with Crippen LogP contribution < -0.4 is 15.8 Å². The Morgan fingerprint density at radius 1 is 1.16 bits per heavy atom. The standard InChI is InChI=1S/C22H26Cl2N6O6S2/c1-11(2)20(34)16-9-14(26-18(32)7-12-3-4-13(23)8-15(12)24)10-30(16)19(33)6-5-17(31)27-21-28-29-22(37-21)38(25,35)36/h3-4,8,11,14,16H,5-7,9-10H2,1-2H3,(H,26,32)(H2,25,35,36)(H,27,28,31)/t14-,16-/m1/s1. The number of rotatable bonds is 10. The lowest BCUT2D eigenvalue weighted by molar-refractivity contribution is -0.139. The van der Waals surface area contributed by atoms with Gasteiger partial charge >= 0.3 is 0 Å². The molecule has 12 nitrogen and oxygen atoms in total. The summed E-state index contributed by atoms with van der Waals surface area (Å²) in [5.41, 5.74) is 0.590. The van der Waals surface area contributed by atoms with Crippen LogP contribution in [0.1, 0.15) is 38.7 Å². The van der Waals surface area contributed by atoms with Crippen LogP contribution in [0.2, 0.25) is 10.0 Å². The lowest BCUT2D eigenvalue weighted by Crippen LogP contribution is -2.43. The normalized spacial score (nSPS) is 17.5. The molecule has 2 heterocycles. The maximum Gasteiger partial charge on any atom is 0.267 e. The molecule has 0 bridgehead atoms. The average molecular weight is 606 g/mol. The second-order valence-electron chi connectivity index (χ2n) is 9.00. The van der Waals surface area contributed by atoms with Gasteiger partial charge in [-0.25, -0.2) is 13.6 Å². The van der Waals surface area contributed by atoms with Gasteiger partial charge in [-0.3, -0.25) is 19.2 Å². The maximum absolute atomic E-state index is 13.0. The number of benzene rings is 1. The van der Waals surface area contributed by atoms with E-state index in [2.05, 4.69) is 20.8 Å². The van der Waals surface area contributed by atoms with E-state index in [1.165, 1.54) is 4.90 Å². The minimum Gasteiger partial charge on any atom is -0.351 e. The molecule has 1 aromatic heterocycles. The first-order chi connectivity index (χ1) is 17.7. The van der Waals surface area contributed by atoms with Crippen molar-refractivity contribution in [3.8, 4) is 0 Å². The van der Waals surface area contributed by atoms with Gasteiger partial charge in [0.25, 0.3) is 10.0 Å². The van der Waals surface area contributed by atoms with Crippen molar-refractivity contribution in [2.24, 2.45) is 11.1 Å². The number of amides is 3. The van der Waals surface area contributed by atoms with Crippen LogP contribution >= 0.6 is 34.5 Å². The van der Waals surface area contributed by atoms with Crippen LogP contribution in [0.3, 0.4) is 0 Å². The summed E-state index contributed by atoms with van der Waals surface area (Å²) in [4.78, 5) is 52.2. The quantitative estimate of drug-likeness (QED) is 0.343. The molecule has 3 amide bonds. The van der Waals surface area contributed by atoms with Crippen molar-refractivity contribution in [2.45, 2.75) is 56.0 Å². The van der Waals surface area contributed by atoms with E-state index in [1.54, 1.807) is 32.0 Å². The van der Waals surface area contributed by atoms with Gasteiger partial charge in [0.15, 0.2) is 5.78 Å². The molecule has 0 spiro atoms. The van der Waals surface area contributed by atoms with Crippen LogP contribution in [-0.2, 0) is 35.6 Å². The summed E-state index contributed by atoms with van der Waals surface area (Å²) in [5, 5.41) is 17.9. The van der Waals surface area contributed by atoms with E-state index in [0.29, 0.717) is 26.9 Å². The van der Waals surface area contributed by atoms with Crippen LogP contribution in [-0.4, -0.2) is 65.6 Å². The molecule has 1 aliphatic heterocycles.